The van der Waals surface area contributed by atoms with Crippen LogP contribution in [0.25, 0.3) is 0 Å². The van der Waals surface area contributed by atoms with Crippen molar-refractivity contribution in [3.63, 3.8) is 0 Å². The number of nitriles is 1. The number of thioether (sulfide) groups is 1. The fraction of sp³-hybridized carbons (Fsp3) is 0.250. The van der Waals surface area contributed by atoms with Gasteiger partial charge in [0.05, 0.1) is 23.8 Å². The topological polar surface area (TPSA) is 62.1 Å². The molecule has 5 heteroatoms. The highest BCUT2D eigenvalue weighted by molar-refractivity contribution is 8.03. The first kappa shape index (κ1) is 15.2. The number of amides is 1. The second-order valence-electron chi connectivity index (χ2n) is 4.53. The summed E-state index contributed by atoms with van der Waals surface area (Å²) in [4.78, 5) is 11.9. The Kier molecular flexibility index (Phi) is 5.07. The molecule has 1 atom stereocenters. The van der Waals surface area contributed by atoms with Crippen molar-refractivity contribution >= 4 is 17.7 Å². The maximum absolute atomic E-state index is 11.9. The van der Waals surface area contributed by atoms with Gasteiger partial charge in [0, 0.05) is 18.1 Å². The number of methoxy groups -OCH3 is 1. The number of carbonyl (C=O) groups excluding carboxylic acids is 1. The van der Waals surface area contributed by atoms with Crippen molar-refractivity contribution in [1.29, 1.82) is 5.26 Å². The van der Waals surface area contributed by atoms with Crippen molar-refractivity contribution in [3.05, 3.63) is 53.1 Å². The molecule has 0 radical (unpaired) electrons. The van der Waals surface area contributed by atoms with Gasteiger partial charge in [-0.15, -0.1) is 18.3 Å². The van der Waals surface area contributed by atoms with Crippen molar-refractivity contribution in [1.82, 2.24) is 5.32 Å². The van der Waals surface area contributed by atoms with Crippen LogP contribution in [0.5, 0.6) is 5.75 Å². The Balaban J connectivity index is 2.36. The van der Waals surface area contributed by atoms with Crippen molar-refractivity contribution < 1.29 is 9.53 Å². The van der Waals surface area contributed by atoms with E-state index in [2.05, 4.69) is 18.0 Å². The number of hydrogen-bond acceptors (Lipinski definition) is 4. The van der Waals surface area contributed by atoms with Gasteiger partial charge in [0.25, 0.3) is 0 Å². The van der Waals surface area contributed by atoms with Gasteiger partial charge in [-0.3, -0.25) is 4.79 Å². The van der Waals surface area contributed by atoms with Gasteiger partial charge < -0.3 is 10.1 Å². The largest absolute Gasteiger partial charge is 0.497 e. The van der Waals surface area contributed by atoms with Crippen LogP contribution in [0.3, 0.4) is 0 Å². The Bertz CT molecular complexity index is 614. The molecule has 1 aliphatic rings. The van der Waals surface area contributed by atoms with Gasteiger partial charge in [-0.1, -0.05) is 18.2 Å². The predicted octanol–water partition coefficient (Wildman–Crippen LogP) is 2.95. The SMILES string of the molecule is C=CCSC1=C(C#N)C(c2ccc(OC)cc2)CC(=O)N1. The van der Waals surface area contributed by atoms with Crippen LogP contribution in [-0.4, -0.2) is 18.8 Å². The third-order valence-corrected chi connectivity index (χ3v) is 4.23. The van der Waals surface area contributed by atoms with E-state index >= 15 is 0 Å². The molecule has 1 aliphatic heterocycles. The molecule has 2 rings (SSSR count). The fourth-order valence-electron chi connectivity index (χ4n) is 2.20. The highest BCUT2D eigenvalue weighted by atomic mass is 32.2. The molecular formula is C16H16N2O2S. The maximum Gasteiger partial charge on any atom is 0.225 e. The highest BCUT2D eigenvalue weighted by Gasteiger charge is 2.29. The summed E-state index contributed by atoms with van der Waals surface area (Å²) >= 11 is 1.42. The van der Waals surface area contributed by atoms with Crippen LogP contribution in [0.1, 0.15) is 17.9 Å². The summed E-state index contributed by atoms with van der Waals surface area (Å²) in [5.41, 5.74) is 1.55. The number of nitrogens with one attached hydrogen (secondary N) is 1. The molecule has 0 fully saturated rings. The van der Waals surface area contributed by atoms with Crippen LogP contribution in [0, 0.1) is 11.3 Å². The lowest BCUT2D eigenvalue weighted by Gasteiger charge is -2.25. The standard InChI is InChI=1S/C16H16N2O2S/c1-3-8-21-16-14(10-17)13(9-15(19)18-16)11-4-6-12(20-2)7-5-11/h3-7,13H,1,8-9H2,2H3,(H,18,19). The number of ether oxygens (including phenoxy) is 1. The average Bonchev–Trinajstić information content (AvgIpc) is 2.52. The van der Waals surface area contributed by atoms with E-state index in [0.29, 0.717) is 16.4 Å². The lowest BCUT2D eigenvalue weighted by atomic mass is 9.87. The monoisotopic (exact) mass is 300 g/mol. The molecule has 108 valence electrons. The smallest absolute Gasteiger partial charge is 0.225 e. The van der Waals surface area contributed by atoms with Crippen molar-refractivity contribution in [2.45, 2.75) is 12.3 Å². The number of allylic oxidation sites excluding steroid dienone is 1. The lowest BCUT2D eigenvalue weighted by Crippen LogP contribution is -2.30. The van der Waals surface area contributed by atoms with E-state index in [9.17, 15) is 10.1 Å². The minimum Gasteiger partial charge on any atom is -0.497 e. The van der Waals surface area contributed by atoms with Gasteiger partial charge in [0.15, 0.2) is 0 Å². The van der Waals surface area contributed by atoms with E-state index in [0.717, 1.165) is 11.3 Å². The predicted molar refractivity (Wildman–Crippen MR) is 83.8 cm³/mol. The lowest BCUT2D eigenvalue weighted by molar-refractivity contribution is -0.120. The molecule has 0 aromatic heterocycles. The van der Waals surface area contributed by atoms with Gasteiger partial charge in [-0.25, -0.2) is 0 Å². The Morgan fingerprint density at radius 1 is 1.52 bits per heavy atom. The fourth-order valence-corrected chi connectivity index (χ4v) is 3.01. The average molecular weight is 300 g/mol. The molecule has 1 unspecified atom stereocenters. The van der Waals surface area contributed by atoms with E-state index in [-0.39, 0.29) is 18.2 Å². The second kappa shape index (κ2) is 7.00. The van der Waals surface area contributed by atoms with Crippen LogP contribution in [0.15, 0.2) is 47.5 Å². The Morgan fingerprint density at radius 3 is 2.81 bits per heavy atom. The molecule has 0 saturated carbocycles. The zero-order chi connectivity index (χ0) is 15.2. The first-order valence-corrected chi connectivity index (χ1v) is 7.50. The number of hydrogen-bond donors (Lipinski definition) is 1. The molecule has 0 saturated heterocycles. The van der Waals surface area contributed by atoms with E-state index in [1.165, 1.54) is 11.8 Å². The summed E-state index contributed by atoms with van der Waals surface area (Å²) in [7, 11) is 1.60. The molecular weight excluding hydrogens is 284 g/mol. The van der Waals surface area contributed by atoms with E-state index in [1.807, 2.05) is 24.3 Å². The van der Waals surface area contributed by atoms with Gasteiger partial charge >= 0.3 is 0 Å². The number of benzene rings is 1. The first-order valence-electron chi connectivity index (χ1n) is 6.51. The maximum atomic E-state index is 11.9. The third-order valence-electron chi connectivity index (χ3n) is 3.22. The Hall–Kier alpha value is -2.19. The minimum atomic E-state index is -0.207. The molecule has 1 aromatic rings. The summed E-state index contributed by atoms with van der Waals surface area (Å²) in [5, 5.41) is 12.9. The van der Waals surface area contributed by atoms with Crippen LogP contribution >= 0.6 is 11.8 Å². The van der Waals surface area contributed by atoms with E-state index < -0.39 is 0 Å². The van der Waals surface area contributed by atoms with Crippen molar-refractivity contribution in [2.24, 2.45) is 0 Å². The molecule has 21 heavy (non-hydrogen) atoms. The molecule has 4 nitrogen and oxygen atoms in total. The molecule has 0 bridgehead atoms. The number of nitrogens with zero attached hydrogens (tertiary/aromatic N) is 1. The second-order valence-corrected chi connectivity index (χ2v) is 5.56. The summed E-state index contributed by atoms with van der Waals surface area (Å²) in [6.45, 7) is 3.66. The van der Waals surface area contributed by atoms with Crippen LogP contribution in [-0.2, 0) is 4.79 Å². The Morgan fingerprint density at radius 2 is 2.24 bits per heavy atom. The molecule has 1 amide bonds. The van der Waals surface area contributed by atoms with Gasteiger partial charge in [-0.2, -0.15) is 5.26 Å². The molecule has 1 heterocycles. The van der Waals surface area contributed by atoms with Gasteiger partial charge in [0.2, 0.25) is 5.91 Å². The summed E-state index contributed by atoms with van der Waals surface area (Å²) in [6, 6.07) is 9.72. The number of rotatable bonds is 5. The normalized spacial score (nSPS) is 17.9. The quantitative estimate of drug-likeness (QED) is 0.849. The highest BCUT2D eigenvalue weighted by Crippen LogP contribution is 2.36. The van der Waals surface area contributed by atoms with E-state index in [4.69, 9.17) is 4.74 Å². The summed E-state index contributed by atoms with van der Waals surface area (Å²) < 4.78 is 5.13. The molecule has 1 aromatic carbocycles. The molecule has 0 aliphatic carbocycles. The van der Waals surface area contributed by atoms with Crippen LogP contribution in [0.2, 0.25) is 0 Å². The molecule has 1 N–H and O–H groups in total. The van der Waals surface area contributed by atoms with Crippen molar-refractivity contribution in [3.8, 4) is 11.8 Å². The van der Waals surface area contributed by atoms with Crippen molar-refractivity contribution in [2.75, 3.05) is 12.9 Å². The van der Waals surface area contributed by atoms with Gasteiger partial charge in [-0.05, 0) is 17.7 Å². The van der Waals surface area contributed by atoms with Crippen LogP contribution in [0.4, 0.5) is 0 Å². The van der Waals surface area contributed by atoms with Gasteiger partial charge in [0.1, 0.15) is 5.75 Å². The summed E-state index contributed by atoms with van der Waals surface area (Å²) in [6.07, 6.45) is 2.03. The third kappa shape index (κ3) is 3.47. The Labute approximate surface area is 128 Å². The van der Waals surface area contributed by atoms with E-state index in [1.54, 1.807) is 13.2 Å². The minimum absolute atomic E-state index is 0.0682. The zero-order valence-electron chi connectivity index (χ0n) is 11.8. The summed E-state index contributed by atoms with van der Waals surface area (Å²) in [5.74, 6) is 1.13. The van der Waals surface area contributed by atoms with Crippen LogP contribution < -0.4 is 10.1 Å². The molecule has 0 spiro atoms. The number of carbonyl (C=O) groups is 1. The first-order chi connectivity index (χ1) is 10.2. The zero-order valence-corrected chi connectivity index (χ0v) is 12.6.